The number of pyridine rings is 1. The second-order valence-corrected chi connectivity index (χ2v) is 8.15. The fourth-order valence-electron chi connectivity index (χ4n) is 3.01. The first-order valence-electron chi connectivity index (χ1n) is 8.42. The summed E-state index contributed by atoms with van der Waals surface area (Å²) in [5.74, 6) is 1.41. The van der Waals surface area contributed by atoms with Crippen molar-refractivity contribution >= 4 is 17.7 Å². The van der Waals surface area contributed by atoms with E-state index >= 15 is 0 Å². The van der Waals surface area contributed by atoms with Crippen LogP contribution in [-0.2, 0) is 5.75 Å². The number of amides is 1. The van der Waals surface area contributed by atoms with Gasteiger partial charge in [0.2, 0.25) is 0 Å². The third kappa shape index (κ3) is 4.04. The van der Waals surface area contributed by atoms with Gasteiger partial charge < -0.3 is 15.2 Å². The van der Waals surface area contributed by atoms with E-state index in [9.17, 15) is 4.79 Å². The monoisotopic (exact) mass is 360 g/mol. The van der Waals surface area contributed by atoms with Gasteiger partial charge in [0.15, 0.2) is 0 Å². The molecule has 1 amide bonds. The molecular weight excluding hydrogens is 336 g/mol. The Morgan fingerprint density at radius 3 is 3.00 bits per heavy atom. The molecule has 1 fully saturated rings. The maximum atomic E-state index is 13.0. The van der Waals surface area contributed by atoms with Crippen LogP contribution in [0.4, 0.5) is 0 Å². The van der Waals surface area contributed by atoms with Crippen molar-refractivity contribution in [1.82, 2.24) is 15.0 Å². The zero-order valence-corrected chi connectivity index (χ0v) is 15.7. The molecule has 2 aromatic heterocycles. The lowest BCUT2D eigenvalue weighted by molar-refractivity contribution is 0.0529. The summed E-state index contributed by atoms with van der Waals surface area (Å²) in [5, 5.41) is 4.71. The molecule has 1 atom stereocenters. The number of piperidine rings is 1. The number of carbonyl (C=O) groups is 1. The van der Waals surface area contributed by atoms with Gasteiger partial charge in [-0.3, -0.25) is 4.79 Å². The van der Waals surface area contributed by atoms with E-state index in [1.54, 1.807) is 12.3 Å². The Labute approximate surface area is 152 Å². The molecular formula is C18H24N4O2S. The standard InChI is InChI=1S/C18H24N4O2S/c1-12-9-13(21-24-12)10-25-16-14(5-4-7-20-16)17(23)22-8-6-15(19)18(2,3)11-22/h4-5,7,9,15H,6,8,10-11,19H2,1-3H3. The molecule has 7 heteroatoms. The molecule has 25 heavy (non-hydrogen) atoms. The number of carbonyl (C=O) groups excluding carboxylic acids is 1. The first kappa shape index (κ1) is 17.9. The summed E-state index contributed by atoms with van der Waals surface area (Å²) in [6, 6.07) is 5.66. The molecule has 0 saturated carbocycles. The minimum atomic E-state index is -0.0817. The highest BCUT2D eigenvalue weighted by Crippen LogP contribution is 2.30. The maximum absolute atomic E-state index is 13.0. The molecule has 0 aromatic carbocycles. The van der Waals surface area contributed by atoms with Crippen molar-refractivity contribution in [1.29, 1.82) is 0 Å². The van der Waals surface area contributed by atoms with Gasteiger partial charge in [0.1, 0.15) is 10.8 Å². The summed E-state index contributed by atoms with van der Waals surface area (Å²) in [6.07, 6.45) is 2.53. The van der Waals surface area contributed by atoms with Gasteiger partial charge in [-0.25, -0.2) is 4.98 Å². The van der Waals surface area contributed by atoms with Crippen LogP contribution in [0.15, 0.2) is 33.9 Å². The third-order valence-corrected chi connectivity index (χ3v) is 5.67. The number of nitrogens with zero attached hydrogens (tertiary/aromatic N) is 3. The van der Waals surface area contributed by atoms with E-state index in [0.717, 1.165) is 22.9 Å². The first-order valence-corrected chi connectivity index (χ1v) is 9.40. The van der Waals surface area contributed by atoms with E-state index in [-0.39, 0.29) is 17.4 Å². The normalized spacial score (nSPS) is 19.8. The molecule has 3 rings (SSSR count). The van der Waals surface area contributed by atoms with Crippen LogP contribution in [0.3, 0.4) is 0 Å². The second kappa shape index (κ2) is 7.17. The molecule has 1 unspecified atom stereocenters. The van der Waals surface area contributed by atoms with Crippen LogP contribution in [0.2, 0.25) is 0 Å². The molecule has 0 aliphatic carbocycles. The van der Waals surface area contributed by atoms with Crippen LogP contribution in [0.1, 0.15) is 42.1 Å². The van der Waals surface area contributed by atoms with Gasteiger partial charge >= 0.3 is 0 Å². The van der Waals surface area contributed by atoms with Gasteiger partial charge in [0.25, 0.3) is 5.91 Å². The Morgan fingerprint density at radius 2 is 2.32 bits per heavy atom. The molecule has 3 heterocycles. The number of hydrogen-bond acceptors (Lipinski definition) is 6. The van der Waals surface area contributed by atoms with Crippen LogP contribution < -0.4 is 5.73 Å². The van der Waals surface area contributed by atoms with Crippen LogP contribution in [0.5, 0.6) is 0 Å². The number of hydrogen-bond donors (Lipinski definition) is 1. The van der Waals surface area contributed by atoms with Crippen LogP contribution in [0, 0.1) is 12.3 Å². The lowest BCUT2D eigenvalue weighted by atomic mass is 9.79. The van der Waals surface area contributed by atoms with Gasteiger partial charge in [-0.2, -0.15) is 0 Å². The smallest absolute Gasteiger partial charge is 0.256 e. The Morgan fingerprint density at radius 1 is 1.52 bits per heavy atom. The highest BCUT2D eigenvalue weighted by atomic mass is 32.2. The van der Waals surface area contributed by atoms with E-state index in [1.807, 2.05) is 24.0 Å². The lowest BCUT2D eigenvalue weighted by Gasteiger charge is -2.42. The zero-order valence-electron chi connectivity index (χ0n) is 14.9. The predicted octanol–water partition coefficient (Wildman–Crippen LogP) is 2.87. The van der Waals surface area contributed by atoms with Crippen LogP contribution >= 0.6 is 11.8 Å². The molecule has 134 valence electrons. The SMILES string of the molecule is Cc1cc(CSc2ncccc2C(=O)N2CCC(N)C(C)(C)C2)no1. The summed E-state index contributed by atoms with van der Waals surface area (Å²) in [4.78, 5) is 19.3. The van der Waals surface area contributed by atoms with Crippen molar-refractivity contribution in [2.24, 2.45) is 11.1 Å². The number of aryl methyl sites for hydroxylation is 1. The summed E-state index contributed by atoms with van der Waals surface area (Å²) < 4.78 is 5.09. The van der Waals surface area contributed by atoms with E-state index in [0.29, 0.717) is 24.4 Å². The quantitative estimate of drug-likeness (QED) is 0.844. The fourth-order valence-corrected chi connectivity index (χ4v) is 3.88. The summed E-state index contributed by atoms with van der Waals surface area (Å²) in [5.41, 5.74) is 7.59. The van der Waals surface area contributed by atoms with Crippen molar-refractivity contribution in [3.63, 3.8) is 0 Å². The number of likely N-dealkylation sites (tertiary alicyclic amines) is 1. The molecule has 0 bridgehead atoms. The predicted molar refractivity (Wildman–Crippen MR) is 97.3 cm³/mol. The van der Waals surface area contributed by atoms with Crippen molar-refractivity contribution < 1.29 is 9.32 Å². The molecule has 2 N–H and O–H groups in total. The molecule has 1 aliphatic rings. The summed E-state index contributed by atoms with van der Waals surface area (Å²) >= 11 is 1.50. The number of aromatic nitrogens is 2. The van der Waals surface area contributed by atoms with E-state index < -0.39 is 0 Å². The summed E-state index contributed by atoms with van der Waals surface area (Å²) in [6.45, 7) is 7.44. The van der Waals surface area contributed by atoms with Crippen molar-refractivity contribution in [2.75, 3.05) is 13.1 Å². The van der Waals surface area contributed by atoms with Crippen molar-refractivity contribution in [3.05, 3.63) is 41.4 Å². The Hall–Kier alpha value is -1.86. The number of nitrogens with two attached hydrogens (primary N) is 1. The second-order valence-electron chi connectivity index (χ2n) is 7.18. The zero-order chi connectivity index (χ0) is 18.0. The van der Waals surface area contributed by atoms with Gasteiger partial charge in [-0.15, -0.1) is 0 Å². The molecule has 0 radical (unpaired) electrons. The van der Waals surface area contributed by atoms with Gasteiger partial charge in [-0.1, -0.05) is 30.8 Å². The molecule has 2 aromatic rings. The highest BCUT2D eigenvalue weighted by Gasteiger charge is 2.36. The lowest BCUT2D eigenvalue weighted by Crippen LogP contribution is -2.54. The Balaban J connectivity index is 1.74. The van der Waals surface area contributed by atoms with Crippen molar-refractivity contribution in [2.45, 2.75) is 44.0 Å². The fraction of sp³-hybridized carbons (Fsp3) is 0.500. The Bertz CT molecular complexity index is 759. The molecule has 6 nitrogen and oxygen atoms in total. The first-order chi connectivity index (χ1) is 11.9. The Kier molecular flexibility index (Phi) is 5.15. The molecule has 1 saturated heterocycles. The van der Waals surface area contributed by atoms with Gasteiger partial charge in [-0.05, 0) is 30.9 Å². The number of rotatable bonds is 4. The van der Waals surface area contributed by atoms with E-state index in [4.69, 9.17) is 10.3 Å². The van der Waals surface area contributed by atoms with Crippen molar-refractivity contribution in [3.8, 4) is 0 Å². The maximum Gasteiger partial charge on any atom is 0.256 e. The van der Waals surface area contributed by atoms with Gasteiger partial charge in [0.05, 0.1) is 11.3 Å². The minimum absolute atomic E-state index is 0.0203. The van der Waals surface area contributed by atoms with E-state index in [1.165, 1.54) is 11.8 Å². The van der Waals surface area contributed by atoms with Crippen LogP contribution in [0.25, 0.3) is 0 Å². The minimum Gasteiger partial charge on any atom is -0.361 e. The number of thioether (sulfide) groups is 1. The average molecular weight is 360 g/mol. The highest BCUT2D eigenvalue weighted by molar-refractivity contribution is 7.98. The van der Waals surface area contributed by atoms with Gasteiger partial charge in [0, 0.05) is 37.1 Å². The molecule has 1 aliphatic heterocycles. The van der Waals surface area contributed by atoms with E-state index in [2.05, 4.69) is 24.0 Å². The third-order valence-electron chi connectivity index (χ3n) is 4.63. The summed E-state index contributed by atoms with van der Waals surface area (Å²) in [7, 11) is 0. The average Bonchev–Trinajstić information content (AvgIpc) is 3.00. The largest absolute Gasteiger partial charge is 0.361 e. The molecule has 0 spiro atoms. The topological polar surface area (TPSA) is 85.2 Å². The van der Waals surface area contributed by atoms with Crippen LogP contribution in [-0.4, -0.2) is 40.1 Å².